The Morgan fingerprint density at radius 3 is 2.50 bits per heavy atom. The van der Waals surface area contributed by atoms with E-state index in [0.717, 1.165) is 0 Å². The van der Waals surface area contributed by atoms with Crippen molar-refractivity contribution in [3.8, 4) is 0 Å². The van der Waals surface area contributed by atoms with Crippen LogP contribution in [0.1, 0.15) is 6.92 Å². The molecule has 5 nitrogen and oxygen atoms in total. The first kappa shape index (κ1) is 6.65. The molecule has 0 fully saturated rings. The summed E-state index contributed by atoms with van der Waals surface area (Å²) in [7, 11) is 0. The summed E-state index contributed by atoms with van der Waals surface area (Å²) < 4.78 is 0. The van der Waals surface area contributed by atoms with Gasteiger partial charge in [-0.05, 0) is 0 Å². The minimum absolute atomic E-state index is 0.0440. The Morgan fingerprint density at radius 2 is 2.38 bits per heavy atom. The van der Waals surface area contributed by atoms with Gasteiger partial charge < -0.3 is 15.4 Å². The highest BCUT2D eigenvalue weighted by molar-refractivity contribution is 5.89. The van der Waals surface area contributed by atoms with Gasteiger partial charge in [-0.2, -0.15) is 10.1 Å². The Morgan fingerprint density at radius 1 is 1.88 bits per heavy atom. The molecule has 0 aromatic carbocycles. The average Bonchev–Trinajstić information content (AvgIpc) is 1.65. The van der Waals surface area contributed by atoms with Crippen molar-refractivity contribution in [1.82, 2.24) is 5.32 Å². The first-order chi connectivity index (χ1) is 3.66. The van der Waals surface area contributed by atoms with E-state index in [1.165, 1.54) is 6.92 Å². The second-order valence-electron chi connectivity index (χ2n) is 1.12. The van der Waals surface area contributed by atoms with Crippen LogP contribution in [-0.4, -0.2) is 21.8 Å². The van der Waals surface area contributed by atoms with Crippen LogP contribution >= 0.6 is 0 Å². The maximum absolute atomic E-state index is 9.67. The van der Waals surface area contributed by atoms with E-state index in [2.05, 4.69) is 4.79 Å². The number of carboxylic acid groups (broad SMARTS) is 1. The number of rotatable bonds is 0. The molecular weight excluding hydrogens is 110 g/mol. The summed E-state index contributed by atoms with van der Waals surface area (Å²) in [4.78, 5) is 12.2. The number of amides is 1. The monoisotopic (exact) mass is 115 g/mol. The van der Waals surface area contributed by atoms with Crippen LogP contribution in [0.4, 0.5) is 4.79 Å². The Kier molecular flexibility index (Phi) is 2.30. The maximum Gasteiger partial charge on any atom is 0.503 e. The van der Waals surface area contributed by atoms with Crippen molar-refractivity contribution >= 4 is 11.9 Å². The van der Waals surface area contributed by atoms with Gasteiger partial charge in [0.2, 0.25) is 0 Å². The lowest BCUT2D eigenvalue weighted by Crippen LogP contribution is -2.26. The van der Waals surface area contributed by atoms with Gasteiger partial charge in [0, 0.05) is 0 Å². The molecule has 0 spiro atoms. The zero-order valence-corrected chi connectivity index (χ0v) is 4.25. The second kappa shape index (κ2) is 2.76. The lowest BCUT2D eigenvalue weighted by Gasteiger charge is -1.81. The molecule has 0 aliphatic carbocycles. The molecule has 0 heterocycles. The van der Waals surface area contributed by atoms with Crippen molar-refractivity contribution < 1.29 is 14.7 Å². The standard InChI is InChI=1S/C3H5N3O2/c1-2(6-4)5-3(7)8/h5H,1H3,(H,7,8). The third-order valence-electron chi connectivity index (χ3n) is 0.438. The molecule has 0 unspecified atom stereocenters. The number of nitrogens with one attached hydrogen (secondary N) is 1. The van der Waals surface area contributed by atoms with Gasteiger partial charge in [0.25, 0.3) is 0 Å². The third kappa shape index (κ3) is 2.87. The summed E-state index contributed by atoms with van der Waals surface area (Å²) in [5.74, 6) is -0.0440. The molecule has 0 radical (unpaired) electrons. The Hall–Kier alpha value is -1.35. The molecule has 0 bridgehead atoms. The zero-order valence-electron chi connectivity index (χ0n) is 4.25. The minimum Gasteiger partial charge on any atom is -0.498 e. The molecule has 0 saturated heterocycles. The van der Waals surface area contributed by atoms with Gasteiger partial charge in [-0.15, -0.1) is 0 Å². The van der Waals surface area contributed by atoms with Crippen molar-refractivity contribution in [3.05, 3.63) is 5.53 Å². The van der Waals surface area contributed by atoms with Crippen molar-refractivity contribution in [2.45, 2.75) is 6.92 Å². The Bertz CT molecular complexity index is 147. The SMILES string of the molecule is CC(=[N+]=[N-])NC(=O)O. The predicted octanol–water partition coefficient (Wildman–Crippen LogP) is -0.0978. The molecule has 44 valence electrons. The minimum atomic E-state index is -1.24. The summed E-state index contributed by atoms with van der Waals surface area (Å²) in [5, 5.41) is 9.72. The van der Waals surface area contributed by atoms with E-state index < -0.39 is 6.09 Å². The van der Waals surface area contributed by atoms with E-state index >= 15 is 0 Å². The Balaban J connectivity index is 3.74. The summed E-state index contributed by atoms with van der Waals surface area (Å²) in [6.07, 6.45) is -1.24. The van der Waals surface area contributed by atoms with Crippen LogP contribution in [0.5, 0.6) is 0 Å². The molecule has 0 aromatic rings. The second-order valence-corrected chi connectivity index (χ2v) is 1.12. The summed E-state index contributed by atoms with van der Waals surface area (Å²) in [6.45, 7) is 1.33. The number of hydrogen-bond acceptors (Lipinski definition) is 1. The largest absolute Gasteiger partial charge is 0.503 e. The van der Waals surface area contributed by atoms with E-state index in [0.29, 0.717) is 0 Å². The van der Waals surface area contributed by atoms with E-state index in [1.807, 2.05) is 5.32 Å². The van der Waals surface area contributed by atoms with Crippen LogP contribution in [0.15, 0.2) is 0 Å². The number of hydrogen-bond donors (Lipinski definition) is 2. The van der Waals surface area contributed by atoms with E-state index in [-0.39, 0.29) is 5.84 Å². The fourth-order valence-electron chi connectivity index (χ4n) is 0.180. The molecule has 0 rings (SSSR count). The van der Waals surface area contributed by atoms with Crippen molar-refractivity contribution in [2.75, 3.05) is 0 Å². The lowest BCUT2D eigenvalue weighted by molar-refractivity contribution is -0.0106. The van der Waals surface area contributed by atoms with Crippen LogP contribution < -0.4 is 5.32 Å². The van der Waals surface area contributed by atoms with Gasteiger partial charge in [0.05, 0.1) is 6.92 Å². The summed E-state index contributed by atoms with van der Waals surface area (Å²) in [6, 6.07) is 0. The first-order valence-corrected chi connectivity index (χ1v) is 1.85. The highest BCUT2D eigenvalue weighted by atomic mass is 16.4. The van der Waals surface area contributed by atoms with E-state index in [1.54, 1.807) is 0 Å². The summed E-state index contributed by atoms with van der Waals surface area (Å²) >= 11 is 0. The molecule has 0 aliphatic heterocycles. The van der Waals surface area contributed by atoms with Crippen LogP contribution in [-0.2, 0) is 0 Å². The molecule has 1 amide bonds. The van der Waals surface area contributed by atoms with Crippen LogP contribution in [0, 0.1) is 0 Å². The van der Waals surface area contributed by atoms with E-state index in [9.17, 15) is 4.79 Å². The number of carbonyl (C=O) groups is 1. The maximum atomic E-state index is 9.67. The van der Waals surface area contributed by atoms with Gasteiger partial charge in [-0.25, -0.2) is 0 Å². The average molecular weight is 115 g/mol. The normalized spacial score (nSPS) is 7.12. The topological polar surface area (TPSA) is 85.7 Å². The molecular formula is C3H5N3O2. The lowest BCUT2D eigenvalue weighted by atomic mass is 10.7. The van der Waals surface area contributed by atoms with Crippen molar-refractivity contribution in [3.63, 3.8) is 0 Å². The van der Waals surface area contributed by atoms with Gasteiger partial charge in [0.1, 0.15) is 0 Å². The number of amidine groups is 1. The molecule has 2 N–H and O–H groups in total. The first-order valence-electron chi connectivity index (χ1n) is 1.85. The smallest absolute Gasteiger partial charge is 0.498 e. The predicted molar refractivity (Wildman–Crippen MR) is 25.5 cm³/mol. The van der Waals surface area contributed by atoms with E-state index in [4.69, 9.17) is 10.6 Å². The molecule has 0 atom stereocenters. The highest BCUT2D eigenvalue weighted by Crippen LogP contribution is 1.59. The molecule has 0 aromatic heterocycles. The van der Waals surface area contributed by atoms with Crippen molar-refractivity contribution in [2.24, 2.45) is 0 Å². The summed E-state index contributed by atoms with van der Waals surface area (Å²) in [5.41, 5.74) is 7.85. The third-order valence-corrected chi connectivity index (χ3v) is 0.438. The van der Waals surface area contributed by atoms with Gasteiger partial charge >= 0.3 is 11.9 Å². The van der Waals surface area contributed by atoms with Gasteiger partial charge in [-0.3, -0.25) is 0 Å². The van der Waals surface area contributed by atoms with Crippen LogP contribution in [0.2, 0.25) is 0 Å². The fraction of sp³-hybridized carbons (Fsp3) is 0.333. The van der Waals surface area contributed by atoms with Gasteiger partial charge in [-0.1, -0.05) is 0 Å². The molecule has 5 heteroatoms. The van der Waals surface area contributed by atoms with Gasteiger partial charge in [0.15, 0.2) is 0 Å². The molecule has 0 aliphatic rings. The van der Waals surface area contributed by atoms with Crippen LogP contribution in [0.3, 0.4) is 0 Å². The highest BCUT2D eigenvalue weighted by Gasteiger charge is 2.02. The van der Waals surface area contributed by atoms with Crippen LogP contribution in [0.25, 0.3) is 5.53 Å². The Labute approximate surface area is 45.6 Å². The molecule has 0 saturated carbocycles. The molecule has 8 heavy (non-hydrogen) atoms. The van der Waals surface area contributed by atoms with Crippen molar-refractivity contribution in [1.29, 1.82) is 0 Å². The fourth-order valence-corrected chi connectivity index (χ4v) is 0.180. The quantitative estimate of drug-likeness (QED) is 0.200. The zero-order chi connectivity index (χ0) is 6.57. The number of nitrogens with zero attached hydrogens (tertiary/aromatic N) is 2.